The summed E-state index contributed by atoms with van der Waals surface area (Å²) in [5.41, 5.74) is 0. The molecule has 1 aliphatic rings. The number of aryl methyl sites for hydroxylation is 1. The first-order valence-corrected chi connectivity index (χ1v) is 8.46. The molecule has 0 aliphatic carbocycles. The molecule has 23 heavy (non-hydrogen) atoms. The standard InChI is InChI=1S/C14H20N6O2S/c1-10(13(21)17-14-15-3-8-23-14)20-6-4-19(5-7-20)9-12-16-11(2)18-22-12/h3,8,10H,4-7,9H2,1-2H3,(H,15,17,21)/t10-/m0/s1. The van der Waals surface area contributed by atoms with E-state index in [1.807, 2.05) is 19.2 Å². The highest BCUT2D eigenvalue weighted by Crippen LogP contribution is 2.14. The van der Waals surface area contributed by atoms with Gasteiger partial charge in [0.25, 0.3) is 0 Å². The largest absolute Gasteiger partial charge is 0.338 e. The predicted octanol–water partition coefficient (Wildman–Crippen LogP) is 0.979. The number of thiazole rings is 1. The molecule has 1 aliphatic heterocycles. The maximum absolute atomic E-state index is 12.3. The van der Waals surface area contributed by atoms with Crippen LogP contribution in [0.25, 0.3) is 0 Å². The summed E-state index contributed by atoms with van der Waals surface area (Å²) in [5, 5.41) is 9.15. The summed E-state index contributed by atoms with van der Waals surface area (Å²) in [6.07, 6.45) is 1.68. The fourth-order valence-electron chi connectivity index (χ4n) is 2.57. The molecule has 8 nitrogen and oxygen atoms in total. The van der Waals surface area contributed by atoms with Crippen molar-refractivity contribution >= 4 is 22.4 Å². The Kier molecular flexibility index (Phi) is 4.99. The molecule has 3 heterocycles. The Morgan fingerprint density at radius 1 is 1.43 bits per heavy atom. The minimum Gasteiger partial charge on any atom is -0.338 e. The topological polar surface area (TPSA) is 87.4 Å². The molecule has 0 radical (unpaired) electrons. The first-order chi connectivity index (χ1) is 11.1. The molecule has 1 amide bonds. The molecule has 2 aromatic heterocycles. The Hall–Kier alpha value is -1.84. The molecule has 1 fully saturated rings. The number of aromatic nitrogens is 3. The number of carbonyl (C=O) groups is 1. The molecule has 1 atom stereocenters. The van der Waals surface area contributed by atoms with Crippen LogP contribution in [0.3, 0.4) is 0 Å². The van der Waals surface area contributed by atoms with E-state index >= 15 is 0 Å². The van der Waals surface area contributed by atoms with Crippen LogP contribution in [0.4, 0.5) is 5.13 Å². The molecular formula is C14H20N6O2S. The van der Waals surface area contributed by atoms with Crippen LogP contribution in [0.5, 0.6) is 0 Å². The summed E-state index contributed by atoms with van der Waals surface area (Å²) in [7, 11) is 0. The first-order valence-electron chi connectivity index (χ1n) is 7.58. The van der Waals surface area contributed by atoms with Crippen molar-refractivity contribution in [1.29, 1.82) is 0 Å². The fourth-order valence-corrected chi connectivity index (χ4v) is 3.10. The summed E-state index contributed by atoms with van der Waals surface area (Å²) in [4.78, 5) is 25.0. The Bertz CT molecular complexity index is 635. The van der Waals surface area contributed by atoms with E-state index in [1.54, 1.807) is 6.20 Å². The van der Waals surface area contributed by atoms with Crippen LogP contribution in [0.15, 0.2) is 16.1 Å². The minimum atomic E-state index is -0.174. The van der Waals surface area contributed by atoms with Crippen molar-refractivity contribution in [2.24, 2.45) is 0 Å². The van der Waals surface area contributed by atoms with Gasteiger partial charge in [0.2, 0.25) is 11.8 Å². The summed E-state index contributed by atoms with van der Waals surface area (Å²) >= 11 is 1.43. The molecule has 2 aromatic rings. The average Bonchev–Trinajstić information content (AvgIpc) is 3.19. The summed E-state index contributed by atoms with van der Waals surface area (Å²) in [6.45, 7) is 7.81. The van der Waals surface area contributed by atoms with E-state index in [1.165, 1.54) is 11.3 Å². The van der Waals surface area contributed by atoms with Gasteiger partial charge in [0.1, 0.15) is 0 Å². The van der Waals surface area contributed by atoms with Gasteiger partial charge in [0, 0.05) is 37.8 Å². The highest BCUT2D eigenvalue weighted by atomic mass is 32.1. The van der Waals surface area contributed by atoms with Crippen molar-refractivity contribution in [3.8, 4) is 0 Å². The maximum atomic E-state index is 12.3. The van der Waals surface area contributed by atoms with Gasteiger partial charge in [-0.3, -0.25) is 14.6 Å². The Balaban J connectivity index is 1.47. The Morgan fingerprint density at radius 2 is 2.22 bits per heavy atom. The third kappa shape index (κ3) is 4.12. The van der Waals surface area contributed by atoms with Crippen LogP contribution in [0.1, 0.15) is 18.6 Å². The monoisotopic (exact) mass is 336 g/mol. The molecule has 0 unspecified atom stereocenters. The number of carbonyl (C=O) groups excluding carboxylic acids is 1. The number of hydrogen-bond acceptors (Lipinski definition) is 8. The number of anilines is 1. The zero-order valence-electron chi connectivity index (χ0n) is 13.2. The van der Waals surface area contributed by atoms with Gasteiger partial charge in [-0.05, 0) is 13.8 Å². The SMILES string of the molecule is Cc1noc(CN2CCN([C@@H](C)C(=O)Nc3nccs3)CC2)n1. The normalized spacial score (nSPS) is 18.0. The van der Waals surface area contributed by atoms with Crippen LogP contribution in [-0.2, 0) is 11.3 Å². The summed E-state index contributed by atoms with van der Waals surface area (Å²) in [5.74, 6) is 1.29. The van der Waals surface area contributed by atoms with Gasteiger partial charge in [0.15, 0.2) is 11.0 Å². The molecule has 1 N–H and O–H groups in total. The number of nitrogens with zero attached hydrogens (tertiary/aromatic N) is 5. The highest BCUT2D eigenvalue weighted by Gasteiger charge is 2.26. The Labute approximate surface area is 138 Å². The van der Waals surface area contributed by atoms with Gasteiger partial charge >= 0.3 is 0 Å². The quantitative estimate of drug-likeness (QED) is 0.871. The van der Waals surface area contributed by atoms with Crippen LogP contribution < -0.4 is 5.32 Å². The van der Waals surface area contributed by atoms with Gasteiger partial charge in [0.05, 0.1) is 12.6 Å². The van der Waals surface area contributed by atoms with E-state index in [4.69, 9.17) is 4.52 Å². The number of hydrogen-bond donors (Lipinski definition) is 1. The van der Waals surface area contributed by atoms with E-state index < -0.39 is 0 Å². The van der Waals surface area contributed by atoms with Crippen molar-refractivity contribution in [3.05, 3.63) is 23.3 Å². The zero-order valence-corrected chi connectivity index (χ0v) is 14.0. The molecule has 0 spiro atoms. The van der Waals surface area contributed by atoms with E-state index in [-0.39, 0.29) is 11.9 Å². The van der Waals surface area contributed by atoms with Gasteiger partial charge < -0.3 is 9.84 Å². The molecule has 3 rings (SSSR count). The zero-order chi connectivity index (χ0) is 16.2. The highest BCUT2D eigenvalue weighted by molar-refractivity contribution is 7.13. The molecule has 9 heteroatoms. The van der Waals surface area contributed by atoms with E-state index in [0.29, 0.717) is 23.4 Å². The van der Waals surface area contributed by atoms with Gasteiger partial charge in [-0.1, -0.05) is 5.16 Å². The van der Waals surface area contributed by atoms with E-state index in [2.05, 4.69) is 30.2 Å². The Morgan fingerprint density at radius 3 is 2.83 bits per heavy atom. The van der Waals surface area contributed by atoms with Crippen molar-refractivity contribution in [2.75, 3.05) is 31.5 Å². The predicted molar refractivity (Wildman–Crippen MR) is 86.1 cm³/mol. The van der Waals surface area contributed by atoms with Crippen LogP contribution in [0.2, 0.25) is 0 Å². The molecular weight excluding hydrogens is 316 g/mol. The second-order valence-corrected chi connectivity index (χ2v) is 6.44. The van der Waals surface area contributed by atoms with Gasteiger partial charge in [-0.2, -0.15) is 4.98 Å². The van der Waals surface area contributed by atoms with Crippen LogP contribution >= 0.6 is 11.3 Å². The third-order valence-electron chi connectivity index (χ3n) is 3.93. The molecule has 0 bridgehead atoms. The average molecular weight is 336 g/mol. The summed E-state index contributed by atoms with van der Waals surface area (Å²) in [6, 6.07) is -0.174. The molecule has 0 aromatic carbocycles. The lowest BCUT2D eigenvalue weighted by Gasteiger charge is -2.36. The van der Waals surface area contributed by atoms with Crippen molar-refractivity contribution in [1.82, 2.24) is 24.9 Å². The molecule has 124 valence electrons. The first kappa shape index (κ1) is 16.0. The third-order valence-corrected chi connectivity index (χ3v) is 4.61. The van der Waals surface area contributed by atoms with Gasteiger partial charge in [-0.25, -0.2) is 4.98 Å². The number of amides is 1. The minimum absolute atomic E-state index is 0.0130. The smallest absolute Gasteiger partial charge is 0.243 e. The lowest BCUT2D eigenvalue weighted by Crippen LogP contribution is -2.52. The molecule has 0 saturated carbocycles. The van der Waals surface area contributed by atoms with Crippen molar-refractivity contribution < 1.29 is 9.32 Å². The molecule has 1 saturated heterocycles. The summed E-state index contributed by atoms with van der Waals surface area (Å²) < 4.78 is 5.15. The van der Waals surface area contributed by atoms with E-state index in [0.717, 1.165) is 26.2 Å². The number of nitrogens with one attached hydrogen (secondary N) is 1. The lowest BCUT2D eigenvalue weighted by molar-refractivity contribution is -0.121. The number of rotatable bonds is 5. The fraction of sp³-hybridized carbons (Fsp3) is 0.571. The van der Waals surface area contributed by atoms with Crippen LogP contribution in [0, 0.1) is 6.92 Å². The van der Waals surface area contributed by atoms with E-state index in [9.17, 15) is 4.79 Å². The number of piperazine rings is 1. The lowest BCUT2D eigenvalue weighted by atomic mass is 10.2. The van der Waals surface area contributed by atoms with Crippen LogP contribution in [-0.4, -0.2) is 63.1 Å². The van der Waals surface area contributed by atoms with Crippen molar-refractivity contribution in [2.45, 2.75) is 26.4 Å². The second-order valence-electron chi connectivity index (χ2n) is 5.55. The second kappa shape index (κ2) is 7.16. The van der Waals surface area contributed by atoms with Gasteiger partial charge in [-0.15, -0.1) is 11.3 Å². The van der Waals surface area contributed by atoms with Crippen molar-refractivity contribution in [3.63, 3.8) is 0 Å². The maximum Gasteiger partial charge on any atom is 0.243 e.